The van der Waals surface area contributed by atoms with Crippen LogP contribution < -0.4 is 4.74 Å². The summed E-state index contributed by atoms with van der Waals surface area (Å²) in [7, 11) is 1.67. The van der Waals surface area contributed by atoms with Gasteiger partial charge in [0.25, 0.3) is 0 Å². The van der Waals surface area contributed by atoms with Crippen LogP contribution in [-0.4, -0.2) is 13.4 Å². The number of hydrogen-bond acceptors (Lipinski definition) is 2. The molecule has 0 fully saturated rings. The molecule has 1 aromatic carbocycles. The summed E-state index contributed by atoms with van der Waals surface area (Å²) in [4.78, 5) is 10.5. The van der Waals surface area contributed by atoms with Gasteiger partial charge in [-0.1, -0.05) is 13.0 Å². The van der Waals surface area contributed by atoms with E-state index in [1.165, 1.54) is 11.1 Å². The molecule has 0 aliphatic heterocycles. The lowest BCUT2D eigenvalue weighted by Gasteiger charge is -2.15. The highest BCUT2D eigenvalue weighted by atomic mass is 16.5. The highest BCUT2D eigenvalue weighted by Crippen LogP contribution is 2.30. The zero-order valence-corrected chi connectivity index (χ0v) is 9.83. The average Bonchev–Trinajstić information content (AvgIpc) is 2.21. The minimum Gasteiger partial charge on any atom is -0.496 e. The highest BCUT2D eigenvalue weighted by Gasteiger charge is 2.12. The Balaban J connectivity index is 3.14. The van der Waals surface area contributed by atoms with Gasteiger partial charge in [-0.25, -0.2) is 0 Å². The van der Waals surface area contributed by atoms with Crippen molar-refractivity contribution >= 4 is 6.29 Å². The van der Waals surface area contributed by atoms with Crippen LogP contribution in [0.4, 0.5) is 0 Å². The lowest BCUT2D eigenvalue weighted by atomic mass is 9.94. The first-order valence-corrected chi connectivity index (χ1v) is 5.19. The lowest BCUT2D eigenvalue weighted by Crippen LogP contribution is -2.00. The Bertz CT molecular complexity index is 356. The third-order valence-electron chi connectivity index (χ3n) is 2.83. The van der Waals surface area contributed by atoms with Crippen LogP contribution in [0.2, 0.25) is 0 Å². The van der Waals surface area contributed by atoms with E-state index in [1.807, 2.05) is 13.0 Å². The maximum atomic E-state index is 10.5. The Morgan fingerprint density at radius 3 is 2.47 bits per heavy atom. The molecule has 0 heterocycles. The Hall–Kier alpha value is -1.31. The molecule has 0 aliphatic rings. The highest BCUT2D eigenvalue weighted by molar-refractivity contribution is 5.53. The van der Waals surface area contributed by atoms with Crippen LogP contribution in [0, 0.1) is 13.8 Å². The first kappa shape index (κ1) is 11.8. The predicted octanol–water partition coefficient (Wildman–Crippen LogP) is 3.00. The third kappa shape index (κ3) is 2.58. The standard InChI is InChI=1S/C13H18O2/c1-9(5-6-14)12-7-10(2)11(3)8-13(12)15-4/h6-9H,5H2,1-4H3. The molecule has 0 N–H and O–H groups in total. The van der Waals surface area contributed by atoms with Crippen molar-refractivity contribution < 1.29 is 9.53 Å². The van der Waals surface area contributed by atoms with Gasteiger partial charge in [0.15, 0.2) is 0 Å². The van der Waals surface area contributed by atoms with Crippen LogP contribution in [0.25, 0.3) is 0 Å². The van der Waals surface area contributed by atoms with Gasteiger partial charge in [-0.15, -0.1) is 0 Å². The molecule has 1 aromatic rings. The molecule has 1 unspecified atom stereocenters. The number of benzene rings is 1. The van der Waals surface area contributed by atoms with Gasteiger partial charge in [0, 0.05) is 6.42 Å². The van der Waals surface area contributed by atoms with Gasteiger partial charge < -0.3 is 9.53 Å². The van der Waals surface area contributed by atoms with E-state index in [0.717, 1.165) is 17.6 Å². The first-order valence-electron chi connectivity index (χ1n) is 5.19. The van der Waals surface area contributed by atoms with Gasteiger partial charge in [0.2, 0.25) is 0 Å². The smallest absolute Gasteiger partial charge is 0.122 e. The monoisotopic (exact) mass is 206 g/mol. The van der Waals surface area contributed by atoms with E-state index < -0.39 is 0 Å². The summed E-state index contributed by atoms with van der Waals surface area (Å²) in [5.41, 5.74) is 3.57. The van der Waals surface area contributed by atoms with E-state index in [4.69, 9.17) is 4.74 Å². The number of aldehydes is 1. The molecule has 0 saturated carbocycles. The SMILES string of the molecule is COc1cc(C)c(C)cc1C(C)CC=O. The van der Waals surface area contributed by atoms with Gasteiger partial charge in [0.05, 0.1) is 7.11 Å². The molecule has 0 saturated heterocycles. The van der Waals surface area contributed by atoms with Crippen molar-refractivity contribution in [2.24, 2.45) is 0 Å². The number of ether oxygens (including phenoxy) is 1. The molecule has 82 valence electrons. The summed E-state index contributed by atoms with van der Waals surface area (Å²) in [6.45, 7) is 6.18. The van der Waals surface area contributed by atoms with Crippen molar-refractivity contribution in [1.29, 1.82) is 0 Å². The van der Waals surface area contributed by atoms with E-state index in [1.54, 1.807) is 7.11 Å². The topological polar surface area (TPSA) is 26.3 Å². The summed E-state index contributed by atoms with van der Waals surface area (Å²) in [6, 6.07) is 4.15. The van der Waals surface area contributed by atoms with Gasteiger partial charge >= 0.3 is 0 Å². The molecule has 0 radical (unpaired) electrons. The Kier molecular flexibility index (Phi) is 3.89. The molecule has 0 aliphatic carbocycles. The molecule has 1 rings (SSSR count). The zero-order valence-electron chi connectivity index (χ0n) is 9.83. The quantitative estimate of drug-likeness (QED) is 0.708. The molecular weight excluding hydrogens is 188 g/mol. The van der Waals surface area contributed by atoms with E-state index in [2.05, 4.69) is 19.9 Å². The first-order chi connectivity index (χ1) is 7.10. The molecule has 0 amide bonds. The summed E-state index contributed by atoms with van der Waals surface area (Å²) < 4.78 is 5.33. The maximum Gasteiger partial charge on any atom is 0.122 e. The number of rotatable bonds is 4. The fraction of sp³-hybridized carbons (Fsp3) is 0.462. The van der Waals surface area contributed by atoms with Crippen molar-refractivity contribution in [1.82, 2.24) is 0 Å². The largest absolute Gasteiger partial charge is 0.496 e. The fourth-order valence-electron chi connectivity index (χ4n) is 1.65. The van der Waals surface area contributed by atoms with E-state index in [0.29, 0.717) is 6.42 Å². The number of hydrogen-bond donors (Lipinski definition) is 0. The second-order valence-electron chi connectivity index (χ2n) is 3.98. The zero-order chi connectivity index (χ0) is 11.4. The van der Waals surface area contributed by atoms with E-state index >= 15 is 0 Å². The van der Waals surface area contributed by atoms with Gasteiger partial charge in [-0.2, -0.15) is 0 Å². The predicted molar refractivity (Wildman–Crippen MR) is 61.6 cm³/mol. The molecule has 1 atom stereocenters. The third-order valence-corrected chi connectivity index (χ3v) is 2.83. The minimum absolute atomic E-state index is 0.219. The summed E-state index contributed by atoms with van der Waals surface area (Å²) >= 11 is 0. The van der Waals surface area contributed by atoms with Crippen LogP contribution >= 0.6 is 0 Å². The van der Waals surface area contributed by atoms with Gasteiger partial charge in [-0.05, 0) is 42.5 Å². The van der Waals surface area contributed by atoms with E-state index in [9.17, 15) is 4.79 Å². The number of methoxy groups -OCH3 is 1. The van der Waals surface area contributed by atoms with Crippen molar-refractivity contribution in [3.8, 4) is 5.75 Å². The average molecular weight is 206 g/mol. The van der Waals surface area contributed by atoms with Crippen molar-refractivity contribution in [3.63, 3.8) is 0 Å². The van der Waals surface area contributed by atoms with Crippen LogP contribution in [0.15, 0.2) is 12.1 Å². The number of carbonyl (C=O) groups excluding carboxylic acids is 1. The fourth-order valence-corrected chi connectivity index (χ4v) is 1.65. The lowest BCUT2D eigenvalue weighted by molar-refractivity contribution is -0.108. The van der Waals surface area contributed by atoms with Crippen LogP contribution in [0.5, 0.6) is 5.75 Å². The van der Waals surface area contributed by atoms with Gasteiger partial charge in [0.1, 0.15) is 12.0 Å². The van der Waals surface area contributed by atoms with Crippen molar-refractivity contribution in [2.75, 3.05) is 7.11 Å². The summed E-state index contributed by atoms with van der Waals surface area (Å²) in [6.07, 6.45) is 1.50. The Morgan fingerprint density at radius 2 is 1.93 bits per heavy atom. The van der Waals surface area contributed by atoms with Crippen LogP contribution in [-0.2, 0) is 4.79 Å². The van der Waals surface area contributed by atoms with Crippen LogP contribution in [0.1, 0.15) is 36.0 Å². The molecule has 15 heavy (non-hydrogen) atoms. The minimum atomic E-state index is 0.219. The Morgan fingerprint density at radius 1 is 1.33 bits per heavy atom. The van der Waals surface area contributed by atoms with Crippen molar-refractivity contribution in [2.45, 2.75) is 33.1 Å². The molecular formula is C13H18O2. The molecule has 0 spiro atoms. The molecule has 2 heteroatoms. The normalized spacial score (nSPS) is 12.3. The maximum absolute atomic E-state index is 10.5. The Labute approximate surface area is 91.3 Å². The second-order valence-corrected chi connectivity index (χ2v) is 3.98. The van der Waals surface area contributed by atoms with Gasteiger partial charge in [-0.3, -0.25) is 0 Å². The summed E-state index contributed by atoms with van der Waals surface area (Å²) in [5.74, 6) is 1.10. The molecule has 0 aromatic heterocycles. The molecule has 0 bridgehead atoms. The second kappa shape index (κ2) is 4.96. The van der Waals surface area contributed by atoms with Crippen LogP contribution in [0.3, 0.4) is 0 Å². The van der Waals surface area contributed by atoms with Crippen molar-refractivity contribution in [3.05, 3.63) is 28.8 Å². The summed E-state index contributed by atoms with van der Waals surface area (Å²) in [5, 5.41) is 0. The number of carbonyl (C=O) groups is 1. The molecule has 2 nitrogen and oxygen atoms in total. The van der Waals surface area contributed by atoms with E-state index in [-0.39, 0.29) is 5.92 Å². The number of aryl methyl sites for hydroxylation is 2.